The van der Waals surface area contributed by atoms with Gasteiger partial charge >= 0.3 is 0 Å². The molecule has 2 aliphatic rings. The molecule has 0 spiro atoms. The van der Waals surface area contributed by atoms with E-state index in [1.54, 1.807) is 11.3 Å². The Morgan fingerprint density at radius 3 is 2.53 bits per heavy atom. The van der Waals surface area contributed by atoms with E-state index in [1.165, 1.54) is 36.4 Å². The number of nitrogens with zero attached hydrogens (tertiary/aromatic N) is 1. The highest BCUT2D eigenvalue weighted by Gasteiger charge is 2.40. The number of aromatic nitrogens is 1. The molecule has 1 aromatic rings. The van der Waals surface area contributed by atoms with Gasteiger partial charge in [0.2, 0.25) is 0 Å². The minimum atomic E-state index is 0.798. The third kappa shape index (κ3) is 2.40. The second kappa shape index (κ2) is 3.87. The van der Waals surface area contributed by atoms with Crippen LogP contribution in [0.25, 0.3) is 0 Å². The zero-order chi connectivity index (χ0) is 10.3. The topological polar surface area (TPSA) is 24.9 Å². The first-order chi connectivity index (χ1) is 7.33. The summed E-state index contributed by atoms with van der Waals surface area (Å²) in [6, 6.07) is 0.798. The molecule has 1 heterocycles. The molecule has 82 valence electrons. The molecule has 0 atom stereocenters. The van der Waals surface area contributed by atoms with E-state index in [-0.39, 0.29) is 0 Å². The molecule has 0 aliphatic heterocycles. The van der Waals surface area contributed by atoms with Gasteiger partial charge in [-0.05, 0) is 44.4 Å². The lowest BCUT2D eigenvalue weighted by Gasteiger charge is -2.16. The smallest absolute Gasteiger partial charge is 0.0897 e. The average Bonchev–Trinajstić information content (AvgIpc) is 3.09. The molecule has 3 heteroatoms. The Morgan fingerprint density at radius 1 is 1.40 bits per heavy atom. The number of aryl methyl sites for hydroxylation is 1. The lowest BCUT2D eigenvalue weighted by atomic mass is 10.1. The summed E-state index contributed by atoms with van der Waals surface area (Å²) in [5.41, 5.74) is 1.23. The summed E-state index contributed by atoms with van der Waals surface area (Å²) in [7, 11) is 0. The van der Waals surface area contributed by atoms with Gasteiger partial charge in [-0.25, -0.2) is 4.98 Å². The second-order valence-corrected chi connectivity index (χ2v) is 6.00. The first-order valence-corrected chi connectivity index (χ1v) is 6.85. The van der Waals surface area contributed by atoms with Crippen molar-refractivity contribution in [3.63, 3.8) is 0 Å². The predicted octanol–water partition coefficient (Wildman–Crippen LogP) is 2.73. The van der Waals surface area contributed by atoms with Gasteiger partial charge in [-0.15, -0.1) is 11.3 Å². The maximum atomic E-state index is 4.50. The van der Waals surface area contributed by atoms with E-state index < -0.39 is 0 Å². The van der Waals surface area contributed by atoms with Gasteiger partial charge < -0.3 is 5.32 Å². The van der Waals surface area contributed by atoms with Crippen LogP contribution in [-0.2, 0) is 6.54 Å². The molecule has 2 aliphatic carbocycles. The monoisotopic (exact) mass is 222 g/mol. The van der Waals surface area contributed by atoms with Crippen LogP contribution in [0.5, 0.6) is 0 Å². The minimum Gasteiger partial charge on any atom is -0.308 e. The largest absolute Gasteiger partial charge is 0.308 e. The Kier molecular flexibility index (Phi) is 2.53. The fourth-order valence-corrected chi connectivity index (χ4v) is 2.95. The van der Waals surface area contributed by atoms with Crippen molar-refractivity contribution >= 4 is 11.3 Å². The highest BCUT2D eigenvalue weighted by atomic mass is 32.1. The summed E-state index contributed by atoms with van der Waals surface area (Å²) in [6.45, 7) is 3.05. The van der Waals surface area contributed by atoms with E-state index in [4.69, 9.17) is 0 Å². The Labute approximate surface area is 95.1 Å². The fourth-order valence-electron chi connectivity index (χ4n) is 2.34. The van der Waals surface area contributed by atoms with Crippen LogP contribution in [-0.4, -0.2) is 11.0 Å². The number of hydrogen-bond donors (Lipinski definition) is 1. The summed E-state index contributed by atoms with van der Waals surface area (Å²) in [6.07, 6.45) is 5.79. The average molecular weight is 222 g/mol. The quantitative estimate of drug-likeness (QED) is 0.828. The third-order valence-corrected chi connectivity index (χ3v) is 4.27. The molecular weight excluding hydrogens is 204 g/mol. The molecule has 1 aromatic heterocycles. The number of hydrogen-bond acceptors (Lipinski definition) is 3. The summed E-state index contributed by atoms with van der Waals surface area (Å²) in [4.78, 5) is 4.50. The zero-order valence-electron chi connectivity index (χ0n) is 9.20. The predicted molar refractivity (Wildman–Crippen MR) is 62.9 cm³/mol. The van der Waals surface area contributed by atoms with Gasteiger partial charge in [-0.2, -0.15) is 0 Å². The summed E-state index contributed by atoms with van der Waals surface area (Å²) >= 11 is 1.75. The molecule has 3 rings (SSSR count). The molecule has 2 saturated carbocycles. The van der Waals surface area contributed by atoms with Gasteiger partial charge in [-0.3, -0.25) is 0 Å². The standard InChI is InChI=1S/C12H18N2S/c1-8-14-11(7-15-8)6-13-12(9-2-3-9)10-4-5-10/h7,9-10,12-13H,2-6H2,1H3. The van der Waals surface area contributed by atoms with E-state index in [0.717, 1.165) is 24.4 Å². The Bertz CT molecular complexity index is 327. The van der Waals surface area contributed by atoms with Gasteiger partial charge in [0.05, 0.1) is 10.7 Å². The van der Waals surface area contributed by atoms with Crippen LogP contribution in [0.1, 0.15) is 36.4 Å². The van der Waals surface area contributed by atoms with E-state index in [9.17, 15) is 0 Å². The van der Waals surface area contributed by atoms with Crippen molar-refractivity contribution in [1.82, 2.24) is 10.3 Å². The first-order valence-electron chi connectivity index (χ1n) is 5.97. The van der Waals surface area contributed by atoms with Crippen molar-refractivity contribution in [2.45, 2.75) is 45.2 Å². The van der Waals surface area contributed by atoms with E-state index in [0.29, 0.717) is 0 Å². The Hall–Kier alpha value is -0.410. The number of nitrogens with one attached hydrogen (secondary N) is 1. The number of rotatable bonds is 5. The van der Waals surface area contributed by atoms with E-state index in [2.05, 4.69) is 22.6 Å². The molecule has 0 unspecified atom stereocenters. The Morgan fingerprint density at radius 2 is 2.07 bits per heavy atom. The molecule has 0 radical (unpaired) electrons. The van der Waals surface area contributed by atoms with Crippen molar-refractivity contribution in [2.75, 3.05) is 0 Å². The molecule has 2 fully saturated rings. The highest BCUT2D eigenvalue weighted by Crippen LogP contribution is 2.44. The van der Waals surface area contributed by atoms with Crippen molar-refractivity contribution in [3.05, 3.63) is 16.1 Å². The van der Waals surface area contributed by atoms with Gasteiger partial charge in [0.1, 0.15) is 0 Å². The van der Waals surface area contributed by atoms with Crippen molar-refractivity contribution < 1.29 is 0 Å². The molecule has 2 nitrogen and oxygen atoms in total. The minimum absolute atomic E-state index is 0.798. The zero-order valence-corrected chi connectivity index (χ0v) is 10.0. The van der Waals surface area contributed by atoms with Crippen LogP contribution < -0.4 is 5.32 Å². The van der Waals surface area contributed by atoms with Crippen LogP contribution in [0.4, 0.5) is 0 Å². The normalized spacial score (nSPS) is 21.2. The molecule has 1 N–H and O–H groups in total. The first kappa shape index (κ1) is 9.79. The van der Waals surface area contributed by atoms with Crippen LogP contribution >= 0.6 is 11.3 Å². The van der Waals surface area contributed by atoms with Gasteiger partial charge in [0.25, 0.3) is 0 Å². The van der Waals surface area contributed by atoms with Crippen LogP contribution in [0.15, 0.2) is 5.38 Å². The van der Waals surface area contributed by atoms with Crippen molar-refractivity contribution in [1.29, 1.82) is 0 Å². The second-order valence-electron chi connectivity index (χ2n) is 4.94. The van der Waals surface area contributed by atoms with Gasteiger partial charge in [-0.1, -0.05) is 0 Å². The lowest BCUT2D eigenvalue weighted by molar-refractivity contribution is 0.414. The summed E-state index contributed by atoms with van der Waals surface area (Å²) in [5.74, 6) is 1.97. The lowest BCUT2D eigenvalue weighted by Crippen LogP contribution is -2.32. The van der Waals surface area contributed by atoms with Crippen molar-refractivity contribution in [3.8, 4) is 0 Å². The molecule has 0 amide bonds. The van der Waals surface area contributed by atoms with Gasteiger partial charge in [0.15, 0.2) is 0 Å². The van der Waals surface area contributed by atoms with Crippen LogP contribution in [0.3, 0.4) is 0 Å². The van der Waals surface area contributed by atoms with E-state index >= 15 is 0 Å². The van der Waals surface area contributed by atoms with Crippen molar-refractivity contribution in [2.24, 2.45) is 11.8 Å². The maximum absolute atomic E-state index is 4.50. The number of thiazole rings is 1. The Balaban J connectivity index is 1.55. The molecular formula is C12H18N2S. The molecule has 0 saturated heterocycles. The van der Waals surface area contributed by atoms with Gasteiger partial charge in [0, 0.05) is 18.0 Å². The van der Waals surface area contributed by atoms with Crippen LogP contribution in [0, 0.1) is 18.8 Å². The SMILES string of the molecule is Cc1nc(CNC(C2CC2)C2CC2)cs1. The maximum Gasteiger partial charge on any atom is 0.0897 e. The van der Waals surface area contributed by atoms with E-state index in [1.807, 2.05) is 0 Å². The molecule has 15 heavy (non-hydrogen) atoms. The highest BCUT2D eigenvalue weighted by molar-refractivity contribution is 7.09. The fraction of sp³-hybridized carbons (Fsp3) is 0.750. The molecule has 0 bridgehead atoms. The molecule has 0 aromatic carbocycles. The summed E-state index contributed by atoms with van der Waals surface area (Å²) < 4.78 is 0. The summed E-state index contributed by atoms with van der Waals surface area (Å²) in [5, 5.41) is 7.08. The van der Waals surface area contributed by atoms with Crippen LogP contribution in [0.2, 0.25) is 0 Å². The third-order valence-electron chi connectivity index (χ3n) is 3.45.